The van der Waals surface area contributed by atoms with Gasteiger partial charge in [-0.2, -0.15) is 0 Å². The number of carbonyl (C=O) groups excluding carboxylic acids is 3. The van der Waals surface area contributed by atoms with Crippen molar-refractivity contribution in [3.05, 3.63) is 29.8 Å². The van der Waals surface area contributed by atoms with Crippen molar-refractivity contribution in [2.24, 2.45) is 5.92 Å². The van der Waals surface area contributed by atoms with Crippen molar-refractivity contribution in [1.29, 1.82) is 0 Å². The van der Waals surface area contributed by atoms with E-state index in [4.69, 9.17) is 0 Å². The SMILES string of the molecule is CC(=O)c1ccc(NC(=O)N[C@@H](C(=O)N(C)C)C(C)C)cc1. The third-order valence-electron chi connectivity index (χ3n) is 3.21. The first-order valence-corrected chi connectivity index (χ1v) is 7.12. The van der Waals surface area contributed by atoms with Gasteiger partial charge in [0.05, 0.1) is 0 Å². The first kappa shape index (κ1) is 17.7. The van der Waals surface area contributed by atoms with E-state index in [0.717, 1.165) is 0 Å². The fourth-order valence-electron chi connectivity index (χ4n) is 1.89. The summed E-state index contributed by atoms with van der Waals surface area (Å²) in [6, 6.07) is 5.53. The van der Waals surface area contributed by atoms with Gasteiger partial charge in [-0.25, -0.2) is 4.79 Å². The number of carbonyl (C=O) groups is 3. The second-order valence-electron chi connectivity index (χ2n) is 5.69. The van der Waals surface area contributed by atoms with Crippen LogP contribution in [0.4, 0.5) is 10.5 Å². The van der Waals surface area contributed by atoms with Crippen LogP contribution in [-0.4, -0.2) is 42.8 Å². The standard InChI is InChI=1S/C16H23N3O3/c1-10(2)14(15(21)19(4)5)18-16(22)17-13-8-6-12(7-9-13)11(3)20/h6-10,14H,1-5H3,(H2,17,18,22)/t14-/m1/s1. The Balaban J connectivity index is 2.71. The molecular weight excluding hydrogens is 282 g/mol. The van der Waals surface area contributed by atoms with Crippen LogP contribution in [0.5, 0.6) is 0 Å². The number of amides is 3. The first-order valence-electron chi connectivity index (χ1n) is 7.12. The molecule has 0 aliphatic rings. The lowest BCUT2D eigenvalue weighted by Crippen LogP contribution is -2.50. The van der Waals surface area contributed by atoms with Crippen LogP contribution in [0.1, 0.15) is 31.1 Å². The van der Waals surface area contributed by atoms with Gasteiger partial charge >= 0.3 is 6.03 Å². The maximum absolute atomic E-state index is 12.0. The molecule has 1 atom stereocenters. The third-order valence-corrected chi connectivity index (χ3v) is 3.21. The van der Waals surface area contributed by atoms with E-state index in [1.165, 1.54) is 11.8 Å². The Hall–Kier alpha value is -2.37. The lowest BCUT2D eigenvalue weighted by Gasteiger charge is -2.24. The molecule has 0 spiro atoms. The van der Waals surface area contributed by atoms with Gasteiger partial charge < -0.3 is 15.5 Å². The van der Waals surface area contributed by atoms with Crippen molar-refractivity contribution >= 4 is 23.4 Å². The van der Waals surface area contributed by atoms with Crippen molar-refractivity contribution in [2.45, 2.75) is 26.8 Å². The Morgan fingerprint density at radius 1 is 1.05 bits per heavy atom. The van der Waals surface area contributed by atoms with Crippen LogP contribution in [-0.2, 0) is 4.79 Å². The predicted octanol–water partition coefficient (Wildman–Crippen LogP) is 2.12. The Labute approximate surface area is 130 Å². The highest BCUT2D eigenvalue weighted by atomic mass is 16.2. The van der Waals surface area contributed by atoms with E-state index >= 15 is 0 Å². The minimum absolute atomic E-state index is 0.0271. The number of nitrogens with one attached hydrogen (secondary N) is 2. The van der Waals surface area contributed by atoms with Gasteiger partial charge in [0, 0.05) is 25.3 Å². The van der Waals surface area contributed by atoms with Gasteiger partial charge in [0.15, 0.2) is 5.78 Å². The summed E-state index contributed by atoms with van der Waals surface area (Å²) < 4.78 is 0. The van der Waals surface area contributed by atoms with Gasteiger partial charge in [0.25, 0.3) is 0 Å². The summed E-state index contributed by atoms with van der Waals surface area (Å²) in [5, 5.41) is 5.33. The van der Waals surface area contributed by atoms with Gasteiger partial charge in [0.2, 0.25) is 5.91 Å². The number of hydrogen-bond donors (Lipinski definition) is 2. The Kier molecular flexibility index (Phi) is 6.10. The largest absolute Gasteiger partial charge is 0.347 e. The molecule has 6 nitrogen and oxygen atoms in total. The molecule has 0 aromatic heterocycles. The van der Waals surface area contributed by atoms with Crippen molar-refractivity contribution in [1.82, 2.24) is 10.2 Å². The van der Waals surface area contributed by atoms with Gasteiger partial charge in [0.1, 0.15) is 6.04 Å². The summed E-state index contributed by atoms with van der Waals surface area (Å²) in [4.78, 5) is 36.7. The smallest absolute Gasteiger partial charge is 0.319 e. The van der Waals surface area contributed by atoms with Gasteiger partial charge in [-0.05, 0) is 37.1 Å². The van der Waals surface area contributed by atoms with Crippen LogP contribution >= 0.6 is 0 Å². The van der Waals surface area contributed by atoms with Crippen molar-refractivity contribution in [3.8, 4) is 0 Å². The van der Waals surface area contributed by atoms with E-state index < -0.39 is 12.1 Å². The van der Waals surface area contributed by atoms with E-state index in [1.54, 1.807) is 38.4 Å². The van der Waals surface area contributed by atoms with Gasteiger partial charge in [-0.15, -0.1) is 0 Å². The number of anilines is 1. The molecule has 0 bridgehead atoms. The third kappa shape index (κ3) is 4.87. The molecule has 1 aromatic carbocycles. The van der Waals surface area contributed by atoms with Crippen molar-refractivity contribution < 1.29 is 14.4 Å². The van der Waals surface area contributed by atoms with Gasteiger partial charge in [-0.1, -0.05) is 13.8 Å². The van der Waals surface area contributed by atoms with Gasteiger partial charge in [-0.3, -0.25) is 9.59 Å². The molecule has 0 saturated carbocycles. The zero-order valence-corrected chi connectivity index (χ0v) is 13.6. The fourth-order valence-corrected chi connectivity index (χ4v) is 1.89. The summed E-state index contributed by atoms with van der Waals surface area (Å²) in [5.74, 6) is -0.217. The summed E-state index contributed by atoms with van der Waals surface area (Å²) in [6.07, 6.45) is 0. The maximum Gasteiger partial charge on any atom is 0.319 e. The van der Waals surface area contributed by atoms with E-state index in [1.807, 2.05) is 13.8 Å². The zero-order chi connectivity index (χ0) is 16.9. The van der Waals surface area contributed by atoms with E-state index in [9.17, 15) is 14.4 Å². The molecule has 0 aliphatic carbocycles. The molecule has 0 aliphatic heterocycles. The molecule has 1 aromatic rings. The number of Topliss-reactive ketones (excluding diaryl/α,β-unsaturated/α-hetero) is 1. The highest BCUT2D eigenvalue weighted by Gasteiger charge is 2.25. The average molecular weight is 305 g/mol. The second-order valence-corrected chi connectivity index (χ2v) is 5.69. The second kappa shape index (κ2) is 7.59. The van der Waals surface area contributed by atoms with Crippen LogP contribution in [0.3, 0.4) is 0 Å². The normalized spacial score (nSPS) is 11.7. The Morgan fingerprint density at radius 2 is 1.59 bits per heavy atom. The molecule has 6 heteroatoms. The molecule has 0 fully saturated rings. The number of benzene rings is 1. The topological polar surface area (TPSA) is 78.5 Å². The number of hydrogen-bond acceptors (Lipinski definition) is 3. The molecule has 22 heavy (non-hydrogen) atoms. The summed E-state index contributed by atoms with van der Waals surface area (Å²) in [7, 11) is 3.30. The van der Waals surface area contributed by atoms with Crippen LogP contribution in [0.2, 0.25) is 0 Å². The number of urea groups is 1. The number of rotatable bonds is 5. The molecule has 0 radical (unpaired) electrons. The van der Waals surface area contributed by atoms with Crippen LogP contribution in [0.15, 0.2) is 24.3 Å². The lowest BCUT2D eigenvalue weighted by atomic mass is 10.0. The minimum Gasteiger partial charge on any atom is -0.347 e. The molecule has 0 saturated heterocycles. The lowest BCUT2D eigenvalue weighted by molar-refractivity contribution is -0.131. The summed E-state index contributed by atoms with van der Waals surface area (Å²) in [5.41, 5.74) is 1.14. The molecular formula is C16H23N3O3. The zero-order valence-electron chi connectivity index (χ0n) is 13.6. The van der Waals surface area contributed by atoms with E-state index in [2.05, 4.69) is 10.6 Å². The summed E-state index contributed by atoms with van der Waals surface area (Å²) >= 11 is 0. The quantitative estimate of drug-likeness (QED) is 0.818. The highest BCUT2D eigenvalue weighted by molar-refractivity contribution is 5.96. The molecule has 120 valence electrons. The monoisotopic (exact) mass is 305 g/mol. The molecule has 1 rings (SSSR count). The molecule has 0 unspecified atom stereocenters. The van der Waals surface area contributed by atoms with Crippen LogP contribution in [0.25, 0.3) is 0 Å². The van der Waals surface area contributed by atoms with E-state index in [0.29, 0.717) is 11.3 Å². The van der Waals surface area contributed by atoms with E-state index in [-0.39, 0.29) is 17.6 Å². The molecule has 2 N–H and O–H groups in total. The van der Waals surface area contributed by atoms with Crippen molar-refractivity contribution in [3.63, 3.8) is 0 Å². The molecule has 0 heterocycles. The minimum atomic E-state index is -0.591. The number of ketones is 1. The predicted molar refractivity (Wildman–Crippen MR) is 85.9 cm³/mol. The highest BCUT2D eigenvalue weighted by Crippen LogP contribution is 2.11. The Bertz CT molecular complexity index is 550. The first-order chi connectivity index (χ1) is 10.2. The summed E-state index contributed by atoms with van der Waals surface area (Å²) in [6.45, 7) is 5.22. The fraction of sp³-hybridized carbons (Fsp3) is 0.438. The molecule has 3 amide bonds. The van der Waals surface area contributed by atoms with Crippen LogP contribution in [0, 0.1) is 5.92 Å². The maximum atomic E-state index is 12.0. The van der Waals surface area contributed by atoms with Crippen molar-refractivity contribution in [2.75, 3.05) is 19.4 Å². The number of nitrogens with zero attached hydrogens (tertiary/aromatic N) is 1. The number of likely N-dealkylation sites (N-methyl/N-ethyl adjacent to an activating group) is 1. The Morgan fingerprint density at radius 3 is 2.00 bits per heavy atom. The average Bonchev–Trinajstić information content (AvgIpc) is 2.44. The van der Waals surface area contributed by atoms with Crippen LogP contribution < -0.4 is 10.6 Å².